The zero-order chi connectivity index (χ0) is 9.72. The van der Waals surface area contributed by atoms with Gasteiger partial charge in [0.15, 0.2) is 0 Å². The van der Waals surface area contributed by atoms with Gasteiger partial charge in [0.05, 0.1) is 0 Å². The summed E-state index contributed by atoms with van der Waals surface area (Å²) in [7, 11) is 0. The molecule has 70 valence electrons. The van der Waals surface area contributed by atoms with Crippen LogP contribution in [0.15, 0.2) is 11.6 Å². The first kappa shape index (κ1) is 11.2. The van der Waals surface area contributed by atoms with Crippen molar-refractivity contribution in [3.05, 3.63) is 11.6 Å². The normalized spacial score (nSPS) is 12.7. The van der Waals surface area contributed by atoms with Gasteiger partial charge in [-0.3, -0.25) is 0 Å². The Kier molecular flexibility index (Phi) is 4.64. The third kappa shape index (κ3) is 4.94. The van der Waals surface area contributed by atoms with Crippen molar-refractivity contribution < 1.29 is 9.90 Å². The molecule has 0 saturated heterocycles. The van der Waals surface area contributed by atoms with Crippen LogP contribution in [0.4, 0.5) is 0 Å². The summed E-state index contributed by atoms with van der Waals surface area (Å²) >= 11 is 0. The first-order valence-corrected chi connectivity index (χ1v) is 4.37. The summed E-state index contributed by atoms with van der Waals surface area (Å²) in [4.78, 5) is 10.7. The molecule has 0 aliphatic rings. The Morgan fingerprint density at radius 2 is 1.83 bits per heavy atom. The lowest BCUT2D eigenvalue weighted by Gasteiger charge is -2.06. The van der Waals surface area contributed by atoms with E-state index in [0.717, 1.165) is 0 Å². The smallest absolute Gasteiger partial charge is 0.331 e. The molecule has 12 heavy (non-hydrogen) atoms. The van der Waals surface area contributed by atoms with E-state index in [0.29, 0.717) is 23.8 Å². The van der Waals surface area contributed by atoms with Crippen LogP contribution in [0.1, 0.15) is 34.1 Å². The number of hydrogen-bond donors (Lipinski definition) is 1. The van der Waals surface area contributed by atoms with Gasteiger partial charge in [0.2, 0.25) is 0 Å². The van der Waals surface area contributed by atoms with Crippen LogP contribution in [0, 0.1) is 11.8 Å². The second-order valence-electron chi connectivity index (χ2n) is 3.84. The summed E-state index contributed by atoms with van der Waals surface area (Å²) in [6, 6.07) is 0. The van der Waals surface area contributed by atoms with Crippen LogP contribution in [0.2, 0.25) is 0 Å². The summed E-state index contributed by atoms with van der Waals surface area (Å²) in [5.41, 5.74) is 0.542. The lowest BCUT2D eigenvalue weighted by atomic mass is 10.00. The maximum Gasteiger partial charge on any atom is 0.331 e. The molecule has 0 radical (unpaired) electrons. The molecular weight excluding hydrogens is 152 g/mol. The van der Waals surface area contributed by atoms with Crippen molar-refractivity contribution in [3.63, 3.8) is 0 Å². The Morgan fingerprint density at radius 3 is 2.08 bits per heavy atom. The molecule has 0 aromatic rings. The van der Waals surface area contributed by atoms with Gasteiger partial charge in [0.1, 0.15) is 0 Å². The molecule has 0 aromatic carbocycles. The minimum absolute atomic E-state index is 0.315. The summed E-state index contributed by atoms with van der Waals surface area (Å²) in [6.45, 7) is 8.03. The zero-order valence-electron chi connectivity index (χ0n) is 8.29. The predicted molar refractivity (Wildman–Crippen MR) is 50.0 cm³/mol. The molecule has 0 spiro atoms. The van der Waals surface area contributed by atoms with Gasteiger partial charge in [-0.25, -0.2) is 4.79 Å². The van der Waals surface area contributed by atoms with E-state index in [1.54, 1.807) is 0 Å². The summed E-state index contributed by atoms with van der Waals surface area (Å²) < 4.78 is 0. The Bertz CT molecular complexity index is 178. The largest absolute Gasteiger partial charge is 0.478 e. The second kappa shape index (κ2) is 4.96. The molecule has 2 heteroatoms. The number of carboxylic acid groups (broad SMARTS) is 1. The van der Waals surface area contributed by atoms with Crippen LogP contribution < -0.4 is 0 Å². The third-order valence-corrected chi connectivity index (χ3v) is 1.44. The van der Waals surface area contributed by atoms with Gasteiger partial charge in [-0.05, 0) is 18.3 Å². The lowest BCUT2D eigenvalue weighted by molar-refractivity contribution is -0.132. The second-order valence-corrected chi connectivity index (χ2v) is 3.84. The fourth-order valence-corrected chi connectivity index (χ4v) is 1.07. The van der Waals surface area contributed by atoms with Gasteiger partial charge in [0, 0.05) is 5.57 Å². The van der Waals surface area contributed by atoms with E-state index in [-0.39, 0.29) is 0 Å². The molecular formula is C10H18O2. The number of aliphatic carboxylic acids is 1. The van der Waals surface area contributed by atoms with Crippen molar-refractivity contribution in [1.82, 2.24) is 0 Å². The topological polar surface area (TPSA) is 37.3 Å². The van der Waals surface area contributed by atoms with Crippen LogP contribution in [-0.2, 0) is 4.79 Å². The highest BCUT2D eigenvalue weighted by molar-refractivity contribution is 5.86. The van der Waals surface area contributed by atoms with Crippen molar-refractivity contribution in [2.75, 3.05) is 0 Å². The van der Waals surface area contributed by atoms with E-state index >= 15 is 0 Å². The van der Waals surface area contributed by atoms with Crippen molar-refractivity contribution >= 4 is 5.97 Å². The van der Waals surface area contributed by atoms with Crippen LogP contribution in [0.3, 0.4) is 0 Å². The number of carbonyl (C=O) groups is 1. The van der Waals surface area contributed by atoms with E-state index < -0.39 is 5.97 Å². The first-order chi connectivity index (χ1) is 5.43. The van der Waals surface area contributed by atoms with Gasteiger partial charge in [0.25, 0.3) is 0 Å². The maximum atomic E-state index is 10.7. The Labute approximate surface area is 74.3 Å². The van der Waals surface area contributed by atoms with Gasteiger partial charge in [-0.2, -0.15) is 0 Å². The van der Waals surface area contributed by atoms with Crippen LogP contribution in [0.5, 0.6) is 0 Å². The first-order valence-electron chi connectivity index (χ1n) is 4.37. The number of allylic oxidation sites excluding steroid dienone is 1. The Hall–Kier alpha value is -0.790. The van der Waals surface area contributed by atoms with E-state index in [1.807, 2.05) is 33.8 Å². The molecule has 0 aliphatic heterocycles. The molecule has 0 fully saturated rings. The molecule has 0 unspecified atom stereocenters. The minimum Gasteiger partial charge on any atom is -0.478 e. The summed E-state index contributed by atoms with van der Waals surface area (Å²) in [5.74, 6) is -0.0571. The average molecular weight is 170 g/mol. The van der Waals surface area contributed by atoms with Crippen molar-refractivity contribution in [3.8, 4) is 0 Å². The molecule has 0 aliphatic carbocycles. The maximum absolute atomic E-state index is 10.7. The van der Waals surface area contributed by atoms with Crippen molar-refractivity contribution in [2.24, 2.45) is 11.8 Å². The van der Waals surface area contributed by atoms with Crippen molar-refractivity contribution in [2.45, 2.75) is 34.1 Å². The Balaban J connectivity index is 4.34. The molecule has 0 saturated carbocycles. The Morgan fingerprint density at radius 1 is 1.33 bits per heavy atom. The molecule has 2 nitrogen and oxygen atoms in total. The van der Waals surface area contributed by atoms with E-state index in [9.17, 15) is 4.79 Å². The molecule has 0 rings (SSSR count). The van der Waals surface area contributed by atoms with E-state index in [4.69, 9.17) is 5.11 Å². The third-order valence-electron chi connectivity index (χ3n) is 1.44. The monoisotopic (exact) mass is 170 g/mol. The predicted octanol–water partition coefficient (Wildman–Crippen LogP) is 2.70. The van der Waals surface area contributed by atoms with Gasteiger partial charge < -0.3 is 5.11 Å². The van der Waals surface area contributed by atoms with Crippen LogP contribution in [0.25, 0.3) is 0 Å². The average Bonchev–Trinajstić information content (AvgIpc) is 1.83. The summed E-state index contributed by atoms with van der Waals surface area (Å²) in [5, 5.41) is 8.80. The lowest BCUT2D eigenvalue weighted by Crippen LogP contribution is -2.05. The van der Waals surface area contributed by atoms with Gasteiger partial charge in [-0.15, -0.1) is 0 Å². The molecule has 0 atom stereocenters. The summed E-state index contributed by atoms with van der Waals surface area (Å²) in [6.07, 6.45) is 2.48. The SMILES string of the molecule is CC(C)/C=C(\CC(C)C)C(=O)O. The highest BCUT2D eigenvalue weighted by Crippen LogP contribution is 2.13. The van der Waals surface area contributed by atoms with E-state index in [2.05, 4.69) is 0 Å². The fraction of sp³-hybridized carbons (Fsp3) is 0.700. The van der Waals surface area contributed by atoms with E-state index in [1.165, 1.54) is 0 Å². The number of carboxylic acids is 1. The fourth-order valence-electron chi connectivity index (χ4n) is 1.07. The van der Waals surface area contributed by atoms with Gasteiger partial charge >= 0.3 is 5.97 Å². The molecule has 1 N–H and O–H groups in total. The number of hydrogen-bond acceptors (Lipinski definition) is 1. The highest BCUT2D eigenvalue weighted by Gasteiger charge is 2.09. The highest BCUT2D eigenvalue weighted by atomic mass is 16.4. The molecule has 0 aromatic heterocycles. The van der Waals surface area contributed by atoms with Crippen molar-refractivity contribution in [1.29, 1.82) is 0 Å². The molecule has 0 amide bonds. The zero-order valence-corrected chi connectivity index (χ0v) is 8.29. The quantitative estimate of drug-likeness (QED) is 0.659. The number of rotatable bonds is 4. The standard InChI is InChI=1S/C10H18O2/c1-7(2)5-9(10(11)12)6-8(3)4/h5,7-8H,6H2,1-4H3,(H,11,12)/b9-5+. The minimum atomic E-state index is -0.780. The molecule has 0 heterocycles. The van der Waals surface area contributed by atoms with Crippen LogP contribution >= 0.6 is 0 Å². The van der Waals surface area contributed by atoms with Crippen LogP contribution in [-0.4, -0.2) is 11.1 Å². The van der Waals surface area contributed by atoms with Gasteiger partial charge in [-0.1, -0.05) is 33.8 Å². The molecule has 0 bridgehead atoms.